The molecule has 3 aliphatic rings. The summed E-state index contributed by atoms with van der Waals surface area (Å²) in [4.78, 5) is 49.6. The number of carbonyl (C=O) groups excluding carboxylic acids is 3. The van der Waals surface area contributed by atoms with Crippen molar-refractivity contribution in [3.05, 3.63) is 85.5 Å². The van der Waals surface area contributed by atoms with E-state index in [1.807, 2.05) is 61.5 Å². The Hall–Kier alpha value is -3.56. The molecule has 5 rings (SSSR count). The van der Waals surface area contributed by atoms with Crippen LogP contribution in [-0.2, 0) is 14.4 Å². The number of anilines is 1. The number of benzene rings is 2. The zero-order valence-electron chi connectivity index (χ0n) is 27.2. The quantitative estimate of drug-likeness (QED) is 0.258. The van der Waals surface area contributed by atoms with Crippen molar-refractivity contribution >= 4 is 35.2 Å². The maximum atomic E-state index is 15.0. The van der Waals surface area contributed by atoms with Crippen LogP contribution in [0.1, 0.15) is 51.6 Å². The predicted molar refractivity (Wildman–Crippen MR) is 184 cm³/mol. The van der Waals surface area contributed by atoms with Crippen LogP contribution in [0.3, 0.4) is 0 Å². The van der Waals surface area contributed by atoms with Crippen molar-refractivity contribution in [1.82, 2.24) is 9.80 Å². The second kappa shape index (κ2) is 14.5. The number of aliphatic hydroxyl groups is 1. The number of nitrogens with zero attached hydrogens (tertiary/aromatic N) is 3. The van der Waals surface area contributed by atoms with Crippen molar-refractivity contribution in [1.29, 1.82) is 0 Å². The SMILES string of the molecule is C=CCN(CCCC)C(=O)C1N([C@H](CO)c2ccccc2)C(=O)[C@@H]2[C@H](C(=O)N(CC=C)c3ccc(OCC)cc3)[C@@H]3CC(C)C12S3. The van der Waals surface area contributed by atoms with E-state index in [1.54, 1.807) is 38.6 Å². The van der Waals surface area contributed by atoms with Gasteiger partial charge in [0.1, 0.15) is 11.8 Å². The summed E-state index contributed by atoms with van der Waals surface area (Å²) in [5.41, 5.74) is 1.46. The van der Waals surface area contributed by atoms with E-state index in [2.05, 4.69) is 27.0 Å². The Bertz CT molecular complexity index is 1420. The lowest BCUT2D eigenvalue weighted by Crippen LogP contribution is -2.58. The van der Waals surface area contributed by atoms with E-state index in [0.717, 1.165) is 24.8 Å². The summed E-state index contributed by atoms with van der Waals surface area (Å²) in [6.45, 7) is 15.3. The normalized spacial score (nSPS) is 26.8. The average molecular weight is 646 g/mol. The summed E-state index contributed by atoms with van der Waals surface area (Å²) in [5, 5.41) is 10.7. The Kier molecular flexibility index (Phi) is 10.6. The van der Waals surface area contributed by atoms with Gasteiger partial charge in [-0.2, -0.15) is 0 Å². The van der Waals surface area contributed by atoms with Crippen molar-refractivity contribution in [2.45, 2.75) is 62.1 Å². The first-order valence-corrected chi connectivity index (χ1v) is 17.4. The first-order valence-electron chi connectivity index (χ1n) is 16.5. The number of likely N-dealkylation sites (tertiary alicyclic amines) is 1. The van der Waals surface area contributed by atoms with Gasteiger partial charge in [-0.25, -0.2) is 0 Å². The molecule has 46 heavy (non-hydrogen) atoms. The third-order valence-corrected chi connectivity index (χ3v) is 12.0. The third kappa shape index (κ3) is 5.77. The van der Waals surface area contributed by atoms with Gasteiger partial charge >= 0.3 is 0 Å². The number of aliphatic hydroxyl groups excluding tert-OH is 1. The number of unbranched alkanes of at least 4 members (excludes halogenated alkanes) is 1. The van der Waals surface area contributed by atoms with Crippen LogP contribution in [0.4, 0.5) is 5.69 Å². The number of ether oxygens (including phenoxy) is 1. The maximum Gasteiger partial charge on any atom is 0.247 e. The molecule has 3 fully saturated rings. The highest BCUT2D eigenvalue weighted by atomic mass is 32.2. The first-order chi connectivity index (χ1) is 22.3. The molecule has 0 aromatic heterocycles. The van der Waals surface area contributed by atoms with E-state index < -0.39 is 28.7 Å². The molecule has 3 aliphatic heterocycles. The van der Waals surface area contributed by atoms with Gasteiger partial charge in [-0.3, -0.25) is 14.4 Å². The molecule has 3 unspecified atom stereocenters. The highest BCUT2D eigenvalue weighted by Crippen LogP contribution is 2.69. The molecule has 1 N–H and O–H groups in total. The molecule has 0 saturated carbocycles. The van der Waals surface area contributed by atoms with Gasteiger partial charge in [-0.15, -0.1) is 24.9 Å². The van der Waals surface area contributed by atoms with Crippen LogP contribution < -0.4 is 9.64 Å². The molecule has 2 bridgehead atoms. The smallest absolute Gasteiger partial charge is 0.247 e. The zero-order chi connectivity index (χ0) is 33.0. The Labute approximate surface area is 277 Å². The molecule has 0 aliphatic carbocycles. The minimum atomic E-state index is -0.833. The van der Waals surface area contributed by atoms with E-state index in [4.69, 9.17) is 4.74 Å². The highest BCUT2D eigenvalue weighted by Gasteiger charge is 2.77. The number of hydrogen-bond donors (Lipinski definition) is 1. The molecule has 2 aromatic rings. The van der Waals surface area contributed by atoms with Gasteiger partial charge in [0.05, 0.1) is 35.8 Å². The van der Waals surface area contributed by atoms with E-state index in [0.29, 0.717) is 31.1 Å². The third-order valence-electron chi connectivity index (χ3n) is 9.88. The number of thioether (sulfide) groups is 1. The molecule has 9 heteroatoms. The Balaban J connectivity index is 1.61. The molecule has 246 valence electrons. The topological polar surface area (TPSA) is 90.4 Å². The van der Waals surface area contributed by atoms with Crippen LogP contribution in [-0.4, -0.2) is 81.5 Å². The summed E-state index contributed by atoms with van der Waals surface area (Å²) >= 11 is 1.65. The summed E-state index contributed by atoms with van der Waals surface area (Å²) in [5.74, 6) is -1.13. The summed E-state index contributed by atoms with van der Waals surface area (Å²) in [6, 6.07) is 15.2. The van der Waals surface area contributed by atoms with Gasteiger partial charge in [-0.1, -0.05) is 62.8 Å². The van der Waals surface area contributed by atoms with E-state index >= 15 is 0 Å². The van der Waals surface area contributed by atoms with Gasteiger partial charge in [0.2, 0.25) is 17.7 Å². The molecule has 3 heterocycles. The Morgan fingerprint density at radius 2 is 1.78 bits per heavy atom. The minimum absolute atomic E-state index is 0.00431. The number of carbonyl (C=O) groups is 3. The first kappa shape index (κ1) is 33.8. The highest BCUT2D eigenvalue weighted by molar-refractivity contribution is 8.02. The lowest BCUT2D eigenvalue weighted by molar-refractivity contribution is -0.145. The fraction of sp³-hybridized carbons (Fsp3) is 0.486. The van der Waals surface area contributed by atoms with Crippen LogP contribution in [0, 0.1) is 17.8 Å². The van der Waals surface area contributed by atoms with Gasteiger partial charge in [-0.05, 0) is 55.5 Å². The number of fused-ring (bicyclic) bond motifs is 1. The molecule has 2 aromatic carbocycles. The van der Waals surface area contributed by atoms with Gasteiger partial charge in [0.15, 0.2) is 0 Å². The molecular formula is C37H47N3O5S. The number of rotatable bonds is 15. The summed E-state index contributed by atoms with van der Waals surface area (Å²) in [7, 11) is 0. The summed E-state index contributed by atoms with van der Waals surface area (Å²) in [6.07, 6.45) is 5.88. The maximum absolute atomic E-state index is 15.0. The van der Waals surface area contributed by atoms with Crippen LogP contribution in [0.2, 0.25) is 0 Å². The van der Waals surface area contributed by atoms with Crippen LogP contribution in [0.25, 0.3) is 0 Å². The Morgan fingerprint density at radius 1 is 1.09 bits per heavy atom. The minimum Gasteiger partial charge on any atom is -0.494 e. The van der Waals surface area contributed by atoms with Crippen LogP contribution in [0.15, 0.2) is 79.9 Å². The molecule has 0 radical (unpaired) electrons. The van der Waals surface area contributed by atoms with Gasteiger partial charge in [0.25, 0.3) is 0 Å². The fourth-order valence-corrected chi connectivity index (χ4v) is 10.3. The molecule has 7 atom stereocenters. The predicted octanol–water partition coefficient (Wildman–Crippen LogP) is 5.49. The van der Waals surface area contributed by atoms with E-state index in [-0.39, 0.29) is 42.0 Å². The summed E-state index contributed by atoms with van der Waals surface area (Å²) < 4.78 is 4.81. The van der Waals surface area contributed by atoms with E-state index in [9.17, 15) is 19.5 Å². The lowest BCUT2D eigenvalue weighted by Gasteiger charge is -2.42. The van der Waals surface area contributed by atoms with Gasteiger partial charge < -0.3 is 24.5 Å². The van der Waals surface area contributed by atoms with Crippen molar-refractivity contribution in [2.75, 3.05) is 37.7 Å². The monoisotopic (exact) mass is 645 g/mol. The number of amides is 3. The van der Waals surface area contributed by atoms with Crippen molar-refractivity contribution in [3.63, 3.8) is 0 Å². The molecule has 8 nitrogen and oxygen atoms in total. The standard InChI is InChI=1S/C37H47N3O5S/c1-6-10-22-38(20-7-2)36(44)33-37-25(5)23-30(46-37)31(32(37)35(43)40(33)29(24-41)26-14-12-11-13-15-26)34(42)39(21-8-3)27-16-18-28(19-17-27)45-9-4/h7-8,11-19,25,29-33,41H,2-3,6,9-10,20-24H2,1,4-5H3/t25?,29-,30+,31-,32+,33?,37?/m1/s1. The lowest BCUT2D eigenvalue weighted by atomic mass is 9.65. The van der Waals surface area contributed by atoms with Crippen molar-refractivity contribution in [2.24, 2.45) is 17.8 Å². The van der Waals surface area contributed by atoms with Crippen molar-refractivity contribution < 1.29 is 24.2 Å². The van der Waals surface area contributed by atoms with Crippen LogP contribution in [0.5, 0.6) is 5.75 Å². The largest absolute Gasteiger partial charge is 0.494 e. The Morgan fingerprint density at radius 3 is 2.39 bits per heavy atom. The van der Waals surface area contributed by atoms with Crippen molar-refractivity contribution in [3.8, 4) is 5.75 Å². The second-order valence-corrected chi connectivity index (χ2v) is 14.0. The van der Waals surface area contributed by atoms with E-state index in [1.165, 1.54) is 0 Å². The molecular weight excluding hydrogens is 598 g/mol. The second-order valence-electron chi connectivity index (χ2n) is 12.5. The zero-order valence-corrected chi connectivity index (χ0v) is 28.0. The molecule has 1 spiro atoms. The van der Waals surface area contributed by atoms with Crippen LogP contribution >= 0.6 is 11.8 Å². The molecule has 3 amide bonds. The fourth-order valence-electron chi connectivity index (χ4n) is 7.88. The average Bonchev–Trinajstić information content (AvgIpc) is 3.66. The number of hydrogen-bond acceptors (Lipinski definition) is 6. The van der Waals surface area contributed by atoms with Gasteiger partial charge in [0, 0.05) is 30.6 Å². The molecule has 3 saturated heterocycles.